The minimum absolute atomic E-state index is 0.171. The van der Waals surface area contributed by atoms with Crippen LogP contribution in [0.25, 0.3) is 0 Å². The van der Waals surface area contributed by atoms with Crippen LogP contribution in [0, 0.1) is 17.0 Å². The van der Waals surface area contributed by atoms with Crippen molar-refractivity contribution in [2.45, 2.75) is 25.4 Å². The van der Waals surface area contributed by atoms with Gasteiger partial charge in [0.25, 0.3) is 5.09 Å². The third kappa shape index (κ3) is 6.52. The van der Waals surface area contributed by atoms with Crippen LogP contribution < -0.4 is 4.74 Å². The summed E-state index contributed by atoms with van der Waals surface area (Å²) in [6, 6.07) is 13.9. The first-order valence-corrected chi connectivity index (χ1v) is 11.1. The summed E-state index contributed by atoms with van der Waals surface area (Å²) in [4.78, 5) is 12.5. The molecular formula is C21H21Br2N3O6. The van der Waals surface area contributed by atoms with Crippen molar-refractivity contribution in [3.05, 3.63) is 91.4 Å². The molecule has 170 valence electrons. The number of hydrogen-bond donors (Lipinski definition) is 1. The normalized spacial score (nSPS) is 19.8. The van der Waals surface area contributed by atoms with Crippen LogP contribution in [0.1, 0.15) is 11.1 Å². The van der Waals surface area contributed by atoms with E-state index in [-0.39, 0.29) is 6.10 Å². The molecule has 3 aromatic rings. The van der Waals surface area contributed by atoms with Crippen LogP contribution in [0.3, 0.4) is 0 Å². The number of aryl methyl sites for hydroxylation is 1. The summed E-state index contributed by atoms with van der Waals surface area (Å²) in [5.74, 6) is -0.0714. The fourth-order valence-electron chi connectivity index (χ4n) is 3.35. The number of imidazole rings is 1. The van der Waals surface area contributed by atoms with E-state index in [1.807, 2.05) is 47.2 Å². The molecular weight excluding hydrogens is 550 g/mol. The molecule has 11 heteroatoms. The summed E-state index contributed by atoms with van der Waals surface area (Å²) < 4.78 is 22.6. The van der Waals surface area contributed by atoms with Gasteiger partial charge in [0, 0.05) is 26.9 Å². The van der Waals surface area contributed by atoms with Gasteiger partial charge >= 0.3 is 0 Å². The van der Waals surface area contributed by atoms with E-state index in [1.165, 1.54) is 0 Å². The largest absolute Gasteiger partial charge is 0.491 e. The Morgan fingerprint density at radius 2 is 1.97 bits per heavy atom. The van der Waals surface area contributed by atoms with Crippen LogP contribution in [0.5, 0.6) is 5.75 Å². The van der Waals surface area contributed by atoms with Gasteiger partial charge < -0.3 is 24.0 Å². The molecule has 0 amide bonds. The van der Waals surface area contributed by atoms with Gasteiger partial charge in [-0.1, -0.05) is 37.9 Å². The number of nitrogens with zero attached hydrogens (tertiary/aromatic N) is 3. The Hall–Kier alpha value is -2.47. The van der Waals surface area contributed by atoms with Crippen LogP contribution in [-0.2, 0) is 21.8 Å². The summed E-state index contributed by atoms with van der Waals surface area (Å²) in [5.41, 5.74) is 2.11. The molecule has 9 nitrogen and oxygen atoms in total. The average Bonchev–Trinajstić information content (AvgIpc) is 3.38. The quantitative estimate of drug-likeness (QED) is 0.337. The van der Waals surface area contributed by atoms with Gasteiger partial charge in [0.15, 0.2) is 0 Å². The maximum Gasteiger partial charge on any atom is 0.291 e. The molecule has 0 radical (unpaired) electrons. The number of halogens is 2. The van der Waals surface area contributed by atoms with Crippen LogP contribution in [0.2, 0.25) is 0 Å². The van der Waals surface area contributed by atoms with Gasteiger partial charge in [-0.25, -0.2) is 4.98 Å². The summed E-state index contributed by atoms with van der Waals surface area (Å²) in [6.45, 7) is 3.46. The van der Waals surface area contributed by atoms with E-state index in [4.69, 9.17) is 29.5 Å². The maximum atomic E-state index is 8.36. The second-order valence-electron chi connectivity index (χ2n) is 7.00. The lowest BCUT2D eigenvalue weighted by Gasteiger charge is -2.30. The van der Waals surface area contributed by atoms with Crippen molar-refractivity contribution in [3.63, 3.8) is 0 Å². The Morgan fingerprint density at radius 3 is 2.59 bits per heavy atom. The van der Waals surface area contributed by atoms with E-state index in [2.05, 4.69) is 49.8 Å². The summed E-state index contributed by atoms with van der Waals surface area (Å²) >= 11 is 6.96. The molecule has 0 bridgehead atoms. The molecule has 1 aromatic heterocycles. The molecule has 0 unspecified atom stereocenters. The standard InChI is InChI=1S/C21H20Br2N2O3.HNO3/c1-15-10-17(23)4-7-20(15)21(13-25-9-8-24-14-25)27-12-19(28-21)11-26-18-5-2-16(22)3-6-18;2-1(3)4/h2-10,14,19H,11-13H2,1H3;(H,2,3,4)/t19-,21-;/m1./s1. The summed E-state index contributed by atoms with van der Waals surface area (Å²) in [7, 11) is 0. The smallest absolute Gasteiger partial charge is 0.291 e. The Balaban J connectivity index is 0.000000668. The zero-order chi connectivity index (χ0) is 23.1. The first-order valence-electron chi connectivity index (χ1n) is 9.53. The Kier molecular flexibility index (Phi) is 8.24. The molecule has 1 aliphatic rings. The molecule has 1 aliphatic heterocycles. The minimum Gasteiger partial charge on any atom is -0.491 e. The van der Waals surface area contributed by atoms with E-state index in [1.54, 1.807) is 12.5 Å². The topological polar surface area (TPSA) is 109 Å². The first-order chi connectivity index (χ1) is 15.3. The van der Waals surface area contributed by atoms with Gasteiger partial charge in [0.05, 0.1) is 19.5 Å². The van der Waals surface area contributed by atoms with Gasteiger partial charge in [0.1, 0.15) is 18.5 Å². The predicted molar refractivity (Wildman–Crippen MR) is 122 cm³/mol. The zero-order valence-corrected chi connectivity index (χ0v) is 20.2. The molecule has 4 rings (SSSR count). The third-order valence-electron chi connectivity index (χ3n) is 4.66. The second kappa shape index (κ2) is 10.9. The molecule has 1 N–H and O–H groups in total. The number of aromatic nitrogens is 2. The van der Waals surface area contributed by atoms with Gasteiger partial charge in [-0.15, -0.1) is 10.1 Å². The number of ether oxygens (including phenoxy) is 3. The highest BCUT2D eigenvalue weighted by Gasteiger charge is 2.44. The van der Waals surface area contributed by atoms with Gasteiger partial charge in [-0.05, 0) is 48.9 Å². The molecule has 0 saturated carbocycles. The molecule has 2 atom stereocenters. The van der Waals surface area contributed by atoms with Crippen molar-refractivity contribution in [2.75, 3.05) is 13.2 Å². The second-order valence-corrected chi connectivity index (χ2v) is 8.83. The van der Waals surface area contributed by atoms with Gasteiger partial charge in [-0.3, -0.25) is 0 Å². The monoisotopic (exact) mass is 569 g/mol. The van der Waals surface area contributed by atoms with E-state index < -0.39 is 10.9 Å². The van der Waals surface area contributed by atoms with E-state index in [0.717, 1.165) is 25.8 Å². The number of rotatable bonds is 6. The predicted octanol–water partition coefficient (Wildman–Crippen LogP) is 4.72. The maximum absolute atomic E-state index is 8.36. The lowest BCUT2D eigenvalue weighted by atomic mass is 10.00. The molecule has 0 aliphatic carbocycles. The lowest BCUT2D eigenvalue weighted by Crippen LogP contribution is -2.35. The Morgan fingerprint density at radius 1 is 1.28 bits per heavy atom. The van der Waals surface area contributed by atoms with Gasteiger partial charge in [-0.2, -0.15) is 0 Å². The van der Waals surface area contributed by atoms with Crippen molar-refractivity contribution in [1.82, 2.24) is 9.55 Å². The highest BCUT2D eigenvalue weighted by Crippen LogP contribution is 2.38. The van der Waals surface area contributed by atoms with Crippen molar-refractivity contribution in [2.24, 2.45) is 0 Å². The third-order valence-corrected chi connectivity index (χ3v) is 5.68. The van der Waals surface area contributed by atoms with Crippen LogP contribution in [0.4, 0.5) is 0 Å². The van der Waals surface area contributed by atoms with Crippen LogP contribution in [-0.4, -0.2) is 39.2 Å². The fraction of sp³-hybridized carbons (Fsp3) is 0.286. The highest BCUT2D eigenvalue weighted by molar-refractivity contribution is 9.10. The summed E-state index contributed by atoms with van der Waals surface area (Å²) in [5, 5.41) is 13.6. The SMILES string of the molecule is Cc1cc(Br)ccc1[C@]1(Cn2ccnc2)OC[C@@H](COc2ccc(Br)cc2)O1.O=[N+]([O-])O. The first kappa shape index (κ1) is 24.2. The molecule has 1 saturated heterocycles. The van der Waals surface area contributed by atoms with Gasteiger partial charge in [0.2, 0.25) is 5.79 Å². The minimum atomic E-state index is -1.50. The van der Waals surface area contributed by atoms with Crippen LogP contribution in [0.15, 0.2) is 70.1 Å². The fourth-order valence-corrected chi connectivity index (χ4v) is 4.09. The Labute approximate surface area is 201 Å². The van der Waals surface area contributed by atoms with Crippen molar-refractivity contribution in [1.29, 1.82) is 0 Å². The van der Waals surface area contributed by atoms with E-state index in [9.17, 15) is 0 Å². The lowest BCUT2D eigenvalue weighted by molar-refractivity contribution is -0.742. The average molecular weight is 571 g/mol. The highest BCUT2D eigenvalue weighted by atomic mass is 79.9. The Bertz CT molecular complexity index is 1030. The number of hydrogen-bond acceptors (Lipinski definition) is 6. The van der Waals surface area contributed by atoms with Crippen molar-refractivity contribution >= 4 is 31.9 Å². The van der Waals surface area contributed by atoms with Crippen molar-refractivity contribution in [3.8, 4) is 5.75 Å². The summed E-state index contributed by atoms with van der Waals surface area (Å²) in [6.07, 6.45) is 5.27. The van der Waals surface area contributed by atoms with E-state index >= 15 is 0 Å². The number of benzene rings is 2. The molecule has 2 heterocycles. The van der Waals surface area contributed by atoms with Crippen LogP contribution >= 0.6 is 31.9 Å². The van der Waals surface area contributed by atoms with E-state index in [0.29, 0.717) is 19.8 Å². The molecule has 2 aromatic carbocycles. The molecule has 32 heavy (non-hydrogen) atoms. The van der Waals surface area contributed by atoms with Crippen molar-refractivity contribution < 1.29 is 24.5 Å². The molecule has 0 spiro atoms. The molecule has 1 fully saturated rings. The zero-order valence-electron chi connectivity index (χ0n) is 17.1.